The van der Waals surface area contributed by atoms with Gasteiger partial charge in [-0.1, -0.05) is 37.8 Å². The quantitative estimate of drug-likeness (QED) is 0.475. The predicted molar refractivity (Wildman–Crippen MR) is 144 cm³/mol. The van der Waals surface area contributed by atoms with Gasteiger partial charge in [-0.2, -0.15) is 4.98 Å². The fraction of sp³-hybridized carbons (Fsp3) is 0.429. The zero-order valence-corrected chi connectivity index (χ0v) is 21.6. The summed E-state index contributed by atoms with van der Waals surface area (Å²) in [5.41, 5.74) is 2.98. The van der Waals surface area contributed by atoms with Crippen LogP contribution in [0.2, 0.25) is 0 Å². The van der Waals surface area contributed by atoms with Gasteiger partial charge in [0.15, 0.2) is 0 Å². The Balaban J connectivity index is 1.46. The van der Waals surface area contributed by atoms with Crippen LogP contribution in [0, 0.1) is 0 Å². The topological polar surface area (TPSA) is 83.4 Å². The third-order valence-electron chi connectivity index (χ3n) is 6.98. The number of nitrogens with one attached hydrogen (secondary N) is 1. The first-order valence-electron chi connectivity index (χ1n) is 12.7. The van der Waals surface area contributed by atoms with Crippen LogP contribution >= 0.6 is 0 Å². The second-order valence-corrected chi connectivity index (χ2v) is 9.63. The normalized spacial score (nSPS) is 16.2. The number of piperazine rings is 1. The molecule has 1 amide bonds. The molecular weight excluding hydrogens is 452 g/mol. The van der Waals surface area contributed by atoms with Crippen molar-refractivity contribution in [3.8, 4) is 0 Å². The van der Waals surface area contributed by atoms with E-state index in [1.165, 1.54) is 11.6 Å². The van der Waals surface area contributed by atoms with E-state index in [1.807, 2.05) is 18.7 Å². The summed E-state index contributed by atoms with van der Waals surface area (Å²) >= 11 is 0. The summed E-state index contributed by atoms with van der Waals surface area (Å²) in [6.07, 6.45) is 4.16. The highest BCUT2D eigenvalue weighted by molar-refractivity contribution is 5.87. The minimum Gasteiger partial charge on any atom is -0.348 e. The van der Waals surface area contributed by atoms with Crippen LogP contribution < -0.4 is 10.9 Å². The van der Waals surface area contributed by atoms with E-state index < -0.39 is 0 Å². The molecule has 1 aromatic carbocycles. The summed E-state index contributed by atoms with van der Waals surface area (Å²) in [7, 11) is 0. The lowest BCUT2D eigenvalue weighted by Gasteiger charge is -2.39. The molecule has 1 aliphatic heterocycles. The van der Waals surface area contributed by atoms with E-state index in [9.17, 15) is 9.59 Å². The molecule has 4 rings (SSSR count). The zero-order chi connectivity index (χ0) is 25.8. The molecule has 3 aromatic rings. The maximum Gasteiger partial charge on any atom is 0.252 e. The molecule has 2 aromatic heterocycles. The van der Waals surface area contributed by atoms with Crippen LogP contribution in [0.1, 0.15) is 63.4 Å². The number of hydrogen-bond donors (Lipinski definition) is 1. The minimum absolute atomic E-state index is 0.00545. The Morgan fingerprint density at radius 1 is 1.06 bits per heavy atom. The van der Waals surface area contributed by atoms with Crippen LogP contribution in [0.3, 0.4) is 0 Å². The maximum atomic E-state index is 12.4. The summed E-state index contributed by atoms with van der Waals surface area (Å²) < 4.78 is 1.69. The van der Waals surface area contributed by atoms with Crippen molar-refractivity contribution in [3.05, 3.63) is 76.7 Å². The molecule has 3 heterocycles. The third-order valence-corrected chi connectivity index (χ3v) is 6.98. The highest BCUT2D eigenvalue weighted by Gasteiger charge is 2.25. The summed E-state index contributed by atoms with van der Waals surface area (Å²) in [6.45, 7) is 15.0. The number of nitrogens with zero attached hydrogens (tertiary/aromatic N) is 5. The summed E-state index contributed by atoms with van der Waals surface area (Å²) in [6, 6.07) is 12.3. The second-order valence-electron chi connectivity index (χ2n) is 9.63. The largest absolute Gasteiger partial charge is 0.348 e. The molecule has 1 fully saturated rings. The van der Waals surface area contributed by atoms with Crippen molar-refractivity contribution in [2.75, 3.05) is 31.5 Å². The Morgan fingerprint density at radius 3 is 2.33 bits per heavy atom. The van der Waals surface area contributed by atoms with Gasteiger partial charge in [0.1, 0.15) is 5.65 Å². The van der Waals surface area contributed by atoms with Gasteiger partial charge in [0.2, 0.25) is 11.9 Å². The molecule has 8 nitrogen and oxygen atoms in total. The van der Waals surface area contributed by atoms with Gasteiger partial charge in [-0.05, 0) is 50.5 Å². The first-order valence-corrected chi connectivity index (χ1v) is 12.7. The van der Waals surface area contributed by atoms with E-state index in [4.69, 9.17) is 0 Å². The lowest BCUT2D eigenvalue weighted by atomic mass is 9.98. The van der Waals surface area contributed by atoms with Crippen molar-refractivity contribution in [2.24, 2.45) is 0 Å². The van der Waals surface area contributed by atoms with Gasteiger partial charge in [-0.15, -0.1) is 0 Å². The van der Waals surface area contributed by atoms with Crippen molar-refractivity contribution in [2.45, 2.75) is 52.2 Å². The molecule has 1 N–H and O–H groups in total. The van der Waals surface area contributed by atoms with E-state index >= 15 is 0 Å². The average Bonchev–Trinajstić information content (AvgIpc) is 2.89. The van der Waals surface area contributed by atoms with Crippen molar-refractivity contribution in [1.29, 1.82) is 0 Å². The smallest absolute Gasteiger partial charge is 0.252 e. The van der Waals surface area contributed by atoms with Gasteiger partial charge >= 0.3 is 0 Å². The van der Waals surface area contributed by atoms with Crippen molar-refractivity contribution < 1.29 is 4.79 Å². The molecule has 8 heteroatoms. The molecule has 1 aliphatic rings. The fourth-order valence-electron chi connectivity index (χ4n) is 4.98. The standard InChI is InChI=1S/C28H36N6O2/c1-6-24(32-14-16-33(17-15-32)25(35)7-2)22-10-8-21(9-11-22)20(5)30-28-29-18-23-12-13-26(36)34(19(3)4)27(23)31-28/h7-13,18-20,24H,2,6,14-17H2,1,3-5H3,(H,29,30,31)/t20-,24?/m0/s1. The number of hydrogen-bond acceptors (Lipinski definition) is 6. The van der Waals surface area contributed by atoms with Crippen LogP contribution in [-0.4, -0.2) is 56.4 Å². The number of aromatic nitrogens is 3. The van der Waals surface area contributed by atoms with Crippen molar-refractivity contribution >= 4 is 22.9 Å². The number of carbonyl (C=O) groups is 1. The van der Waals surface area contributed by atoms with E-state index in [1.54, 1.807) is 22.9 Å². The van der Waals surface area contributed by atoms with Gasteiger partial charge in [0.05, 0.1) is 6.04 Å². The van der Waals surface area contributed by atoms with Crippen molar-refractivity contribution in [1.82, 2.24) is 24.3 Å². The first-order chi connectivity index (χ1) is 17.3. The van der Waals surface area contributed by atoms with Gasteiger partial charge in [0.25, 0.3) is 5.56 Å². The number of anilines is 1. The van der Waals surface area contributed by atoms with Gasteiger partial charge in [-0.3, -0.25) is 19.1 Å². The number of carbonyl (C=O) groups excluding carboxylic acids is 1. The first kappa shape index (κ1) is 25.6. The molecule has 0 bridgehead atoms. The van der Waals surface area contributed by atoms with Crippen LogP contribution in [0.5, 0.6) is 0 Å². The van der Waals surface area contributed by atoms with Crippen LogP contribution in [-0.2, 0) is 4.79 Å². The highest BCUT2D eigenvalue weighted by Crippen LogP contribution is 2.27. The second kappa shape index (κ2) is 11.0. The molecule has 1 saturated heterocycles. The lowest BCUT2D eigenvalue weighted by molar-refractivity contribution is -0.128. The Bertz CT molecular complexity index is 1280. The molecule has 0 spiro atoms. The third kappa shape index (κ3) is 5.33. The number of amides is 1. The van der Waals surface area contributed by atoms with Gasteiger partial charge < -0.3 is 10.2 Å². The highest BCUT2D eigenvalue weighted by atomic mass is 16.2. The van der Waals surface area contributed by atoms with Gasteiger partial charge in [0, 0.05) is 55.9 Å². The zero-order valence-electron chi connectivity index (χ0n) is 21.6. The van der Waals surface area contributed by atoms with Gasteiger partial charge in [-0.25, -0.2) is 4.98 Å². The SMILES string of the molecule is C=CC(=O)N1CCN(C(CC)c2ccc([C@H](C)Nc3ncc4ccc(=O)n(C(C)C)c4n3)cc2)CC1. The Morgan fingerprint density at radius 2 is 1.72 bits per heavy atom. The molecule has 1 unspecified atom stereocenters. The van der Waals surface area contributed by atoms with Crippen LogP contribution in [0.25, 0.3) is 11.0 Å². The molecular formula is C28H36N6O2. The molecule has 2 atom stereocenters. The number of fused-ring (bicyclic) bond motifs is 1. The van der Waals surface area contributed by atoms with Crippen LogP contribution in [0.15, 0.2) is 60.0 Å². The van der Waals surface area contributed by atoms with E-state index in [2.05, 4.69) is 64.9 Å². The average molecular weight is 489 g/mol. The van der Waals surface area contributed by atoms with E-state index in [-0.39, 0.29) is 23.6 Å². The Hall–Kier alpha value is -3.52. The number of pyridine rings is 1. The lowest BCUT2D eigenvalue weighted by Crippen LogP contribution is -2.49. The monoisotopic (exact) mass is 488 g/mol. The number of rotatable bonds is 8. The summed E-state index contributed by atoms with van der Waals surface area (Å²) in [5.74, 6) is 0.508. The summed E-state index contributed by atoms with van der Waals surface area (Å²) in [5, 5.41) is 4.23. The summed E-state index contributed by atoms with van der Waals surface area (Å²) in [4.78, 5) is 37.7. The Labute approximate surface area is 212 Å². The minimum atomic E-state index is -0.0648. The van der Waals surface area contributed by atoms with Crippen LogP contribution in [0.4, 0.5) is 5.95 Å². The molecule has 0 radical (unpaired) electrons. The maximum absolute atomic E-state index is 12.4. The molecule has 190 valence electrons. The Kier molecular flexibility index (Phi) is 7.84. The molecule has 36 heavy (non-hydrogen) atoms. The number of benzene rings is 1. The van der Waals surface area contributed by atoms with E-state index in [0.717, 1.165) is 43.5 Å². The van der Waals surface area contributed by atoms with Crippen molar-refractivity contribution in [3.63, 3.8) is 0 Å². The fourth-order valence-corrected chi connectivity index (χ4v) is 4.98. The molecule has 0 aliphatic carbocycles. The van der Waals surface area contributed by atoms with E-state index in [0.29, 0.717) is 17.6 Å². The molecule has 0 saturated carbocycles. The predicted octanol–water partition coefficient (Wildman–Crippen LogP) is 4.33.